The molecule has 36 rings (SSSR count). The molecule has 0 atom stereocenters. The van der Waals surface area contributed by atoms with Crippen LogP contribution in [0, 0.1) is 0 Å². The zero-order valence-corrected chi connectivity index (χ0v) is 69.7. The Balaban J connectivity index is 0.0000000799. The fraction of sp³-hybridized carbons (Fsp3) is 0. The summed E-state index contributed by atoms with van der Waals surface area (Å²) in [6.45, 7) is 0. The Bertz CT molecular complexity index is 11500. The van der Waals surface area contributed by atoms with Crippen molar-refractivity contribution in [1.29, 1.82) is 0 Å². The molecule has 0 radical (unpaired) electrons. The second-order valence-corrected chi connectivity index (χ2v) is 35.6. The first-order valence-electron chi connectivity index (χ1n) is 44.8. The number of aromatic nitrogens is 4. The SMILES string of the molecule is c1ccc2c(c1)oc1c2ccc2c1c1c3c(cc4c5ccccc5n2c41)oc1ccccc13.c1ccc2c(c1)oc1c2ccc2c1c1c3oc4ccccc4c3cc3c4ccccc4n2c31.c1ccc2c(c1)oc1c2ccc2c1c1cc3c4ccccc4oc3c3c4ccccc4n2c13.c1ccc2c(c1)oc1c2ccc2c1c1cc3oc4ccccc4c3c3c4ccccc4n2c13. The summed E-state index contributed by atoms with van der Waals surface area (Å²) >= 11 is 0. The van der Waals surface area contributed by atoms with Crippen LogP contribution in [0.5, 0.6) is 0 Å². The Hall–Kier alpha value is -18.0. The van der Waals surface area contributed by atoms with Gasteiger partial charge in [0.05, 0.1) is 98.5 Å². The van der Waals surface area contributed by atoms with Crippen LogP contribution in [0.15, 0.2) is 399 Å². The molecule has 0 spiro atoms. The highest BCUT2D eigenvalue weighted by atomic mass is 16.4. The average molecular weight is 1690 g/mol. The van der Waals surface area contributed by atoms with Crippen molar-refractivity contribution in [2.24, 2.45) is 0 Å². The third kappa shape index (κ3) is 8.37. The van der Waals surface area contributed by atoms with Gasteiger partial charge in [0, 0.05) is 140 Å². The van der Waals surface area contributed by atoms with E-state index in [0.717, 1.165) is 197 Å². The van der Waals surface area contributed by atoms with Crippen molar-refractivity contribution in [2.75, 3.05) is 0 Å². The predicted octanol–water partition coefficient (Wildman–Crippen LogP) is 34.5. The minimum Gasteiger partial charge on any atom is -0.456 e. The van der Waals surface area contributed by atoms with Gasteiger partial charge >= 0.3 is 0 Å². The molecule has 0 aliphatic heterocycles. The molecule has 0 unspecified atom stereocenters. The Morgan fingerprint density at radius 2 is 0.356 bits per heavy atom. The van der Waals surface area contributed by atoms with Crippen molar-refractivity contribution in [3.05, 3.63) is 364 Å². The monoisotopic (exact) mass is 1680 g/mol. The fourth-order valence-electron chi connectivity index (χ4n) is 24.1. The molecule has 0 amide bonds. The van der Waals surface area contributed by atoms with E-state index in [1.165, 1.54) is 131 Å². The van der Waals surface area contributed by atoms with E-state index in [-0.39, 0.29) is 0 Å². The van der Waals surface area contributed by atoms with E-state index >= 15 is 0 Å². The maximum atomic E-state index is 6.54. The highest BCUT2D eigenvalue weighted by molar-refractivity contribution is 6.43. The van der Waals surface area contributed by atoms with Crippen molar-refractivity contribution >= 4 is 328 Å². The van der Waals surface area contributed by atoms with Gasteiger partial charge < -0.3 is 52.9 Å². The lowest BCUT2D eigenvalue weighted by molar-refractivity contribution is 0.669. The molecule has 0 saturated heterocycles. The van der Waals surface area contributed by atoms with Crippen LogP contribution in [-0.2, 0) is 0 Å². The number of furan rings is 8. The number of hydrogen-bond acceptors (Lipinski definition) is 8. The Morgan fingerprint density at radius 3 is 0.765 bits per heavy atom. The van der Waals surface area contributed by atoms with Crippen molar-refractivity contribution in [1.82, 2.24) is 17.6 Å². The van der Waals surface area contributed by atoms with Gasteiger partial charge in [-0.1, -0.05) is 218 Å². The van der Waals surface area contributed by atoms with Crippen LogP contribution in [-0.4, -0.2) is 17.6 Å². The van der Waals surface area contributed by atoms with Crippen molar-refractivity contribution in [3.8, 4) is 0 Å². The molecule has 132 heavy (non-hydrogen) atoms. The van der Waals surface area contributed by atoms with E-state index in [0.29, 0.717) is 0 Å². The molecule has 12 nitrogen and oxygen atoms in total. The Kier molecular flexibility index (Phi) is 12.5. The van der Waals surface area contributed by atoms with E-state index < -0.39 is 0 Å². The van der Waals surface area contributed by atoms with E-state index in [9.17, 15) is 0 Å². The lowest BCUT2D eigenvalue weighted by Crippen LogP contribution is -1.79. The van der Waals surface area contributed by atoms with Gasteiger partial charge in [0.1, 0.15) is 89.3 Å². The number of hydrogen-bond donors (Lipinski definition) is 0. The Morgan fingerprint density at radius 1 is 0.114 bits per heavy atom. The minimum absolute atomic E-state index is 0.912. The van der Waals surface area contributed by atoms with Gasteiger partial charge in [-0.15, -0.1) is 0 Å². The summed E-state index contributed by atoms with van der Waals surface area (Å²) in [7, 11) is 0. The molecule has 608 valence electrons. The molecule has 16 heterocycles. The largest absolute Gasteiger partial charge is 0.456 e. The Labute approximate surface area is 739 Å². The fourth-order valence-corrected chi connectivity index (χ4v) is 24.1. The van der Waals surface area contributed by atoms with Gasteiger partial charge in [-0.05, 0) is 146 Å². The molecule has 0 aliphatic carbocycles. The first-order valence-corrected chi connectivity index (χ1v) is 44.8. The van der Waals surface area contributed by atoms with E-state index in [4.69, 9.17) is 35.3 Å². The van der Waals surface area contributed by atoms with Crippen LogP contribution in [0.4, 0.5) is 0 Å². The number of fused-ring (bicyclic) bond motifs is 56. The number of benzene rings is 20. The van der Waals surface area contributed by atoms with Gasteiger partial charge in [-0.3, -0.25) is 0 Å². The van der Waals surface area contributed by atoms with Crippen molar-refractivity contribution in [3.63, 3.8) is 0 Å². The third-order valence-corrected chi connectivity index (χ3v) is 29.3. The number of rotatable bonds is 0. The van der Waals surface area contributed by atoms with E-state index in [1.807, 2.05) is 60.7 Å². The molecule has 0 saturated carbocycles. The maximum absolute atomic E-state index is 6.54. The average Bonchev–Trinajstić information content (AvgIpc) is 1.53. The second kappa shape index (κ2) is 24.2. The van der Waals surface area contributed by atoms with Crippen LogP contribution < -0.4 is 0 Å². The molecule has 0 fully saturated rings. The molecule has 36 aromatic rings. The van der Waals surface area contributed by atoms with Crippen molar-refractivity contribution < 1.29 is 35.3 Å². The first kappa shape index (κ1) is 68.3. The topological polar surface area (TPSA) is 123 Å². The third-order valence-electron chi connectivity index (χ3n) is 29.3. The molecule has 12 heteroatoms. The normalized spacial score (nSPS) is 12.8. The van der Waals surface area contributed by atoms with Crippen LogP contribution >= 0.6 is 0 Å². The van der Waals surface area contributed by atoms with Crippen LogP contribution in [0.25, 0.3) is 328 Å². The molecular formula is C120H60N4O8. The molecule has 16 aromatic heterocycles. The van der Waals surface area contributed by atoms with Gasteiger partial charge in [-0.2, -0.15) is 0 Å². The zero-order valence-electron chi connectivity index (χ0n) is 69.7. The van der Waals surface area contributed by atoms with Crippen molar-refractivity contribution in [2.45, 2.75) is 0 Å². The summed E-state index contributed by atoms with van der Waals surface area (Å²) in [4.78, 5) is 0. The first-order chi connectivity index (χ1) is 65.5. The second-order valence-electron chi connectivity index (χ2n) is 35.6. The molecule has 0 bridgehead atoms. The van der Waals surface area contributed by atoms with Gasteiger partial charge in [0.15, 0.2) is 0 Å². The minimum atomic E-state index is 0.912. The van der Waals surface area contributed by atoms with E-state index in [2.05, 4.69) is 321 Å². The lowest BCUT2D eigenvalue weighted by atomic mass is 10.0. The quantitative estimate of drug-likeness (QED) is 0.147. The standard InChI is InChI=1S/4C30H15NO2/c1-4-10-22-19(9-1)27-28-21(15-20-17-8-3-6-12-25(17)33-30(20)27)26-23(31(22)28)14-13-18-16-7-2-5-11-24(16)32-29(18)26;1-4-10-21-18(8-1)28-27-19-9-3-6-12-24(19)32-25(27)15-20-26-22(31(21)29(20)28)14-13-17-16-7-2-5-11-23(16)33-30(17)26;1-4-10-21-16(7-1)20-15-25-26(19-9-3-6-12-24(19)32-25)28-27-22(31(21)29(20)28)14-13-18-17-8-2-5-11-23(17)33-30(18)27;1-4-10-22-16(7-1)20-15-21-18-9-3-6-12-25(18)33-30(21)27-26-23(31(22)28(20)27)14-13-19-17-8-2-5-11-24(17)32-29(19)26/h4*1-15H. The highest BCUT2D eigenvalue weighted by Crippen LogP contribution is 2.55. The molecule has 20 aromatic carbocycles. The predicted molar refractivity (Wildman–Crippen MR) is 543 cm³/mol. The van der Waals surface area contributed by atoms with Gasteiger partial charge in [0.25, 0.3) is 0 Å². The molecule has 0 N–H and O–H groups in total. The van der Waals surface area contributed by atoms with Gasteiger partial charge in [-0.25, -0.2) is 0 Å². The molecule has 0 aliphatic rings. The van der Waals surface area contributed by atoms with E-state index in [1.54, 1.807) is 0 Å². The van der Waals surface area contributed by atoms with Gasteiger partial charge in [0.2, 0.25) is 0 Å². The summed E-state index contributed by atoms with van der Waals surface area (Å²) in [6.07, 6.45) is 0. The smallest absolute Gasteiger partial charge is 0.145 e. The zero-order chi connectivity index (χ0) is 85.0. The lowest BCUT2D eigenvalue weighted by Gasteiger charge is -1.99. The number of para-hydroxylation sites is 12. The summed E-state index contributed by atoms with van der Waals surface area (Å²) in [6, 6.07) is 128. The maximum Gasteiger partial charge on any atom is 0.145 e. The van der Waals surface area contributed by atoms with Crippen LogP contribution in [0.3, 0.4) is 0 Å². The summed E-state index contributed by atoms with van der Waals surface area (Å²) < 4.78 is 61.4. The summed E-state index contributed by atoms with van der Waals surface area (Å²) in [5.41, 5.74) is 29.2. The van der Waals surface area contributed by atoms with Crippen LogP contribution in [0.1, 0.15) is 0 Å². The number of nitrogens with zero attached hydrogens (tertiary/aromatic N) is 4. The van der Waals surface area contributed by atoms with Crippen LogP contribution in [0.2, 0.25) is 0 Å². The summed E-state index contributed by atoms with van der Waals surface area (Å²) in [5, 5.41) is 37.6. The highest BCUT2D eigenvalue weighted by Gasteiger charge is 2.32. The molecular weight excluding hydrogens is 1630 g/mol. The summed E-state index contributed by atoms with van der Waals surface area (Å²) in [5.74, 6) is 0.